The van der Waals surface area contributed by atoms with Gasteiger partial charge < -0.3 is 0 Å². The molecule has 0 heterocycles. The van der Waals surface area contributed by atoms with Crippen molar-refractivity contribution in [3.8, 4) is 0 Å². The summed E-state index contributed by atoms with van der Waals surface area (Å²) in [6.07, 6.45) is 0. The van der Waals surface area contributed by atoms with Crippen molar-refractivity contribution in [3.63, 3.8) is 0 Å². The van der Waals surface area contributed by atoms with Crippen LogP contribution in [0.15, 0.2) is 0 Å². The van der Waals surface area contributed by atoms with Crippen LogP contribution < -0.4 is 0 Å². The van der Waals surface area contributed by atoms with Gasteiger partial charge in [0.1, 0.15) is 0 Å². The van der Waals surface area contributed by atoms with Gasteiger partial charge in [0.15, 0.2) is 7.38 Å². The Morgan fingerprint density at radius 1 is 1.44 bits per heavy atom. The molecule has 0 rings (SSSR count). The second-order valence-electron chi connectivity index (χ2n) is 3.18. The molecule has 0 aromatic heterocycles. The normalized spacial score (nSPS) is 15.7. The molecule has 0 fully saturated rings. The highest BCUT2D eigenvalue weighted by atomic mass is 35.6. The molecule has 0 aliphatic rings. The molecule has 3 heteroatoms. The van der Waals surface area contributed by atoms with Gasteiger partial charge in [0.25, 0.3) is 0 Å². The minimum atomic E-state index is -1.35. The van der Waals surface area contributed by atoms with E-state index in [2.05, 4.69) is 20.0 Å². The van der Waals surface area contributed by atoms with Gasteiger partial charge in [-0.05, 0) is 12.0 Å². The zero-order valence-electron chi connectivity index (χ0n) is 6.25. The summed E-state index contributed by atoms with van der Waals surface area (Å²) in [5, 5.41) is 0. The van der Waals surface area contributed by atoms with Gasteiger partial charge in [0, 0.05) is 5.88 Å². The van der Waals surface area contributed by atoms with Crippen LogP contribution in [0.25, 0.3) is 0 Å². The van der Waals surface area contributed by atoms with Crippen molar-refractivity contribution in [3.05, 3.63) is 0 Å². The lowest BCUT2D eigenvalue weighted by molar-refractivity contribution is 0.733. The Labute approximate surface area is 68.3 Å². The third-order valence-electron chi connectivity index (χ3n) is 1.10. The van der Waals surface area contributed by atoms with E-state index in [1.54, 1.807) is 0 Å². The van der Waals surface area contributed by atoms with Gasteiger partial charge in [0.05, 0.1) is 0 Å². The minimum Gasteiger partial charge on any atom is -0.168 e. The quantitative estimate of drug-likeness (QED) is 0.359. The number of alkyl halides is 1. The third-order valence-corrected chi connectivity index (χ3v) is 3.75. The average Bonchev–Trinajstić information content (AvgIpc) is 1.62. The molecule has 0 radical (unpaired) electrons. The zero-order chi connectivity index (χ0) is 7.49. The summed E-state index contributed by atoms with van der Waals surface area (Å²) in [6, 6.07) is 1.12. The van der Waals surface area contributed by atoms with Gasteiger partial charge >= 0.3 is 0 Å². The molecule has 0 aliphatic heterocycles. The predicted molar refractivity (Wildman–Crippen MR) is 48.0 cm³/mol. The third kappa shape index (κ3) is 6.69. The predicted octanol–water partition coefficient (Wildman–Crippen LogP) is 3.31. The van der Waals surface area contributed by atoms with E-state index in [1.807, 2.05) is 0 Å². The molecule has 0 amide bonds. The van der Waals surface area contributed by atoms with Crippen molar-refractivity contribution in [2.45, 2.75) is 26.1 Å². The Kier molecular flexibility index (Phi) is 4.18. The molecule has 0 bridgehead atoms. The number of hydrogen-bond donors (Lipinski definition) is 0. The van der Waals surface area contributed by atoms with Gasteiger partial charge in [-0.1, -0.05) is 20.0 Å². The van der Waals surface area contributed by atoms with Crippen molar-refractivity contribution in [1.82, 2.24) is 0 Å². The van der Waals surface area contributed by atoms with Gasteiger partial charge in [-0.15, -0.1) is 11.6 Å². The van der Waals surface area contributed by atoms with E-state index in [0.717, 1.165) is 11.9 Å². The van der Waals surface area contributed by atoms with Crippen LogP contribution in [-0.2, 0) is 0 Å². The van der Waals surface area contributed by atoms with E-state index in [1.165, 1.54) is 0 Å². The molecule has 56 valence electrons. The van der Waals surface area contributed by atoms with Crippen LogP contribution >= 0.6 is 22.7 Å². The van der Waals surface area contributed by atoms with E-state index in [9.17, 15) is 0 Å². The first kappa shape index (κ1) is 9.80. The van der Waals surface area contributed by atoms with E-state index in [4.69, 9.17) is 22.7 Å². The number of halogens is 2. The summed E-state index contributed by atoms with van der Waals surface area (Å²) in [4.78, 5) is 0. The van der Waals surface area contributed by atoms with Crippen molar-refractivity contribution >= 4 is 30.1 Å². The van der Waals surface area contributed by atoms with Gasteiger partial charge in [-0.3, -0.25) is 0 Å². The second kappa shape index (κ2) is 3.84. The van der Waals surface area contributed by atoms with E-state index in [-0.39, 0.29) is 0 Å². The molecule has 0 nitrogen and oxygen atoms in total. The Bertz CT molecular complexity index is 77.6. The first-order valence-electron chi connectivity index (χ1n) is 3.20. The maximum Gasteiger partial charge on any atom is 0.150 e. The van der Waals surface area contributed by atoms with Crippen LogP contribution in [0.1, 0.15) is 6.92 Å². The van der Waals surface area contributed by atoms with E-state index >= 15 is 0 Å². The molecule has 0 aromatic rings. The summed E-state index contributed by atoms with van der Waals surface area (Å²) >= 11 is 11.7. The zero-order valence-corrected chi connectivity index (χ0v) is 8.76. The highest BCUT2D eigenvalue weighted by molar-refractivity contribution is 7.19. The number of rotatable bonds is 3. The van der Waals surface area contributed by atoms with Crippen molar-refractivity contribution in [2.24, 2.45) is 5.92 Å². The molecule has 0 aliphatic carbocycles. The molecule has 0 spiro atoms. The Morgan fingerprint density at radius 3 is 2.00 bits per heavy atom. The summed E-state index contributed by atoms with van der Waals surface area (Å²) < 4.78 is 0. The molecule has 0 N–H and O–H groups in total. The van der Waals surface area contributed by atoms with Crippen molar-refractivity contribution < 1.29 is 0 Å². The molecular weight excluding hydrogens is 171 g/mol. The summed E-state index contributed by atoms with van der Waals surface area (Å²) in [5.41, 5.74) is 0. The van der Waals surface area contributed by atoms with E-state index < -0.39 is 7.38 Å². The lowest BCUT2D eigenvalue weighted by Gasteiger charge is -2.16. The lowest BCUT2D eigenvalue weighted by atomic mass is 10.3. The Balaban J connectivity index is 3.47. The summed E-state index contributed by atoms with van der Waals surface area (Å²) in [5.74, 6) is 1.33. The maximum atomic E-state index is 6.09. The maximum absolute atomic E-state index is 6.09. The largest absolute Gasteiger partial charge is 0.168 e. The lowest BCUT2D eigenvalue weighted by Crippen LogP contribution is -2.20. The van der Waals surface area contributed by atoms with Crippen LogP contribution in [0.5, 0.6) is 0 Å². The van der Waals surface area contributed by atoms with Gasteiger partial charge in [-0.25, -0.2) is 0 Å². The van der Waals surface area contributed by atoms with E-state index in [0.29, 0.717) is 5.92 Å². The van der Waals surface area contributed by atoms with Crippen LogP contribution in [0.2, 0.25) is 19.1 Å². The fourth-order valence-electron chi connectivity index (χ4n) is 0.883. The second-order valence-corrected chi connectivity index (χ2v) is 10.4. The Morgan fingerprint density at radius 2 is 1.89 bits per heavy atom. The molecular formula is C6H14Cl2Si. The van der Waals surface area contributed by atoms with Gasteiger partial charge in [-0.2, -0.15) is 11.1 Å². The van der Waals surface area contributed by atoms with Crippen LogP contribution in [-0.4, -0.2) is 13.3 Å². The monoisotopic (exact) mass is 184 g/mol. The van der Waals surface area contributed by atoms with Crippen LogP contribution in [0.4, 0.5) is 0 Å². The standard InChI is InChI=1S/C6H14Cl2Si/c1-6(4-7)5-9(2,3)8/h6H,4-5H2,1-3H3. The van der Waals surface area contributed by atoms with Crippen LogP contribution in [0.3, 0.4) is 0 Å². The number of hydrogen-bond acceptors (Lipinski definition) is 0. The SMILES string of the molecule is CC(CCl)C[Si](C)(C)Cl. The summed E-state index contributed by atoms with van der Waals surface area (Å²) in [6.45, 7) is 6.44. The molecule has 0 saturated carbocycles. The molecule has 1 unspecified atom stereocenters. The smallest absolute Gasteiger partial charge is 0.150 e. The van der Waals surface area contributed by atoms with Crippen molar-refractivity contribution in [2.75, 3.05) is 5.88 Å². The molecule has 0 aromatic carbocycles. The average molecular weight is 185 g/mol. The molecule has 0 saturated heterocycles. The first-order chi connectivity index (χ1) is 3.95. The molecule has 1 atom stereocenters. The highest BCUT2D eigenvalue weighted by Gasteiger charge is 2.19. The summed E-state index contributed by atoms with van der Waals surface area (Å²) in [7, 11) is -1.35. The fraction of sp³-hybridized carbons (Fsp3) is 1.00. The minimum absolute atomic E-state index is 0.589. The fourth-order valence-corrected chi connectivity index (χ4v) is 3.77. The van der Waals surface area contributed by atoms with Crippen LogP contribution in [0, 0.1) is 5.92 Å². The molecule has 9 heavy (non-hydrogen) atoms. The first-order valence-corrected chi connectivity index (χ1v) is 7.96. The van der Waals surface area contributed by atoms with Gasteiger partial charge in [0.2, 0.25) is 0 Å². The van der Waals surface area contributed by atoms with Crippen molar-refractivity contribution in [1.29, 1.82) is 0 Å². The highest BCUT2D eigenvalue weighted by Crippen LogP contribution is 2.20. The topological polar surface area (TPSA) is 0 Å². The Hall–Kier alpha value is 0.797.